The molecule has 0 saturated heterocycles. The van der Waals surface area contributed by atoms with Gasteiger partial charge in [0, 0.05) is 41.9 Å². The number of carboxylic acid groups (broad SMARTS) is 1. The highest BCUT2D eigenvalue weighted by atomic mass is 19.1. The molecule has 1 aromatic heterocycles. The second-order valence-electron chi connectivity index (χ2n) is 9.40. The van der Waals surface area contributed by atoms with Crippen LogP contribution in [0.15, 0.2) is 40.8 Å². The molecule has 3 rings (SSSR count). The summed E-state index contributed by atoms with van der Waals surface area (Å²) in [5.41, 5.74) is 1.92. The minimum absolute atomic E-state index is 0.0433. The molecule has 0 aliphatic heterocycles. The van der Waals surface area contributed by atoms with Gasteiger partial charge in [-0.15, -0.1) is 0 Å². The van der Waals surface area contributed by atoms with Crippen LogP contribution in [-0.2, 0) is 4.79 Å². The molecule has 0 spiro atoms. The summed E-state index contributed by atoms with van der Waals surface area (Å²) in [6.45, 7) is 6.17. The van der Waals surface area contributed by atoms with Crippen molar-refractivity contribution in [3.05, 3.63) is 64.9 Å². The van der Waals surface area contributed by atoms with Crippen LogP contribution in [0.25, 0.3) is 11.0 Å². The number of amides is 1. The summed E-state index contributed by atoms with van der Waals surface area (Å²) >= 11 is 0. The summed E-state index contributed by atoms with van der Waals surface area (Å²) in [7, 11) is 1.57. The van der Waals surface area contributed by atoms with E-state index in [9.17, 15) is 18.4 Å². The fraction of sp³-hybridized carbons (Fsp3) is 0.429. The van der Waals surface area contributed by atoms with Crippen LogP contribution in [0.5, 0.6) is 0 Å². The summed E-state index contributed by atoms with van der Waals surface area (Å²) in [5.74, 6) is -1.91. The lowest BCUT2D eigenvalue weighted by Gasteiger charge is -2.25. The van der Waals surface area contributed by atoms with Crippen LogP contribution in [0.3, 0.4) is 0 Å². The maximum Gasteiger partial charge on any atom is 0.305 e. The Morgan fingerprint density at radius 3 is 2.47 bits per heavy atom. The second-order valence-corrected chi connectivity index (χ2v) is 9.40. The average Bonchev–Trinajstić information content (AvgIpc) is 3.17. The lowest BCUT2D eigenvalue weighted by Crippen LogP contribution is -2.29. The van der Waals surface area contributed by atoms with E-state index in [1.54, 1.807) is 31.3 Å². The Hall–Kier alpha value is -3.42. The highest BCUT2D eigenvalue weighted by molar-refractivity contribution is 5.94. The van der Waals surface area contributed by atoms with Crippen molar-refractivity contribution in [1.82, 2.24) is 4.90 Å². The van der Waals surface area contributed by atoms with Gasteiger partial charge in [0.25, 0.3) is 5.91 Å². The van der Waals surface area contributed by atoms with E-state index >= 15 is 0 Å². The lowest BCUT2D eigenvalue weighted by atomic mass is 9.91. The molecule has 8 heteroatoms. The van der Waals surface area contributed by atoms with Gasteiger partial charge in [0.2, 0.25) is 0 Å². The molecular formula is C28H34F2N2O4. The van der Waals surface area contributed by atoms with Crippen LogP contribution in [0.1, 0.15) is 73.7 Å². The maximum absolute atomic E-state index is 14.4. The Morgan fingerprint density at radius 1 is 1.14 bits per heavy atom. The third kappa shape index (κ3) is 6.42. The Morgan fingerprint density at radius 2 is 1.83 bits per heavy atom. The van der Waals surface area contributed by atoms with E-state index < -0.39 is 17.6 Å². The molecule has 6 nitrogen and oxygen atoms in total. The summed E-state index contributed by atoms with van der Waals surface area (Å²) in [6.07, 6.45) is 4.02. The number of rotatable bonds is 12. The SMILES string of the molecule is CCCCCC(C)C(Nc1ccc(C(=O)N(C)CCC(=O)O)cc1)c1oc2c(F)cc(F)cc2c1C. The van der Waals surface area contributed by atoms with Crippen molar-refractivity contribution in [2.45, 2.75) is 58.9 Å². The Kier molecular flexibility index (Phi) is 9.07. The van der Waals surface area contributed by atoms with E-state index in [4.69, 9.17) is 9.52 Å². The third-order valence-corrected chi connectivity index (χ3v) is 6.57. The molecule has 0 fully saturated rings. The zero-order chi connectivity index (χ0) is 26.4. The van der Waals surface area contributed by atoms with Gasteiger partial charge in [-0.05, 0) is 49.6 Å². The molecule has 2 atom stereocenters. The van der Waals surface area contributed by atoms with E-state index in [-0.39, 0.29) is 36.4 Å². The summed E-state index contributed by atoms with van der Waals surface area (Å²) in [5, 5.41) is 12.7. The second kappa shape index (κ2) is 12.0. The fourth-order valence-corrected chi connectivity index (χ4v) is 4.38. The minimum atomic E-state index is -0.961. The van der Waals surface area contributed by atoms with Crippen molar-refractivity contribution in [3.63, 3.8) is 0 Å². The van der Waals surface area contributed by atoms with Crippen LogP contribution in [0, 0.1) is 24.5 Å². The van der Waals surface area contributed by atoms with Gasteiger partial charge < -0.3 is 19.7 Å². The van der Waals surface area contributed by atoms with Gasteiger partial charge in [0.1, 0.15) is 11.6 Å². The first kappa shape index (κ1) is 27.2. The number of anilines is 1. The third-order valence-electron chi connectivity index (χ3n) is 6.57. The van der Waals surface area contributed by atoms with Crippen LogP contribution in [0.4, 0.5) is 14.5 Å². The average molecular weight is 501 g/mol. The molecule has 0 bridgehead atoms. The summed E-state index contributed by atoms with van der Waals surface area (Å²) < 4.78 is 34.3. The first-order chi connectivity index (χ1) is 17.1. The number of aliphatic carboxylic acids is 1. The van der Waals surface area contributed by atoms with E-state index in [0.29, 0.717) is 22.3 Å². The molecule has 0 aliphatic rings. The number of benzene rings is 2. The van der Waals surface area contributed by atoms with Gasteiger partial charge in [-0.2, -0.15) is 0 Å². The molecule has 0 saturated carbocycles. The first-order valence-electron chi connectivity index (χ1n) is 12.3. The Bertz CT molecular complexity index is 1210. The van der Waals surface area contributed by atoms with Crippen molar-refractivity contribution in [2.75, 3.05) is 18.9 Å². The number of aryl methyl sites for hydroxylation is 1. The molecule has 1 amide bonds. The van der Waals surface area contributed by atoms with Crippen molar-refractivity contribution in [1.29, 1.82) is 0 Å². The van der Waals surface area contributed by atoms with Crippen LogP contribution >= 0.6 is 0 Å². The number of fused-ring (bicyclic) bond motifs is 1. The largest absolute Gasteiger partial charge is 0.481 e. The monoisotopic (exact) mass is 500 g/mol. The number of carbonyl (C=O) groups excluding carboxylic acids is 1. The summed E-state index contributed by atoms with van der Waals surface area (Å²) in [6, 6.07) is 8.75. The maximum atomic E-state index is 14.4. The fourth-order valence-electron chi connectivity index (χ4n) is 4.38. The van der Waals surface area contributed by atoms with E-state index in [0.717, 1.165) is 37.4 Å². The summed E-state index contributed by atoms with van der Waals surface area (Å²) in [4.78, 5) is 24.8. The Labute approximate surface area is 210 Å². The van der Waals surface area contributed by atoms with Crippen molar-refractivity contribution in [3.8, 4) is 0 Å². The normalized spacial score (nSPS) is 12.9. The van der Waals surface area contributed by atoms with E-state index in [1.807, 2.05) is 6.92 Å². The van der Waals surface area contributed by atoms with Gasteiger partial charge >= 0.3 is 5.97 Å². The molecule has 2 N–H and O–H groups in total. The van der Waals surface area contributed by atoms with E-state index in [2.05, 4.69) is 19.2 Å². The number of halogens is 2. The minimum Gasteiger partial charge on any atom is -0.481 e. The van der Waals surface area contributed by atoms with Crippen molar-refractivity contribution >= 4 is 28.5 Å². The van der Waals surface area contributed by atoms with Crippen LogP contribution in [-0.4, -0.2) is 35.5 Å². The Balaban J connectivity index is 1.87. The predicted molar refractivity (Wildman–Crippen MR) is 136 cm³/mol. The topological polar surface area (TPSA) is 82.8 Å². The molecular weight excluding hydrogens is 466 g/mol. The van der Waals surface area contributed by atoms with Gasteiger partial charge in [-0.25, -0.2) is 8.78 Å². The molecule has 2 aromatic carbocycles. The number of hydrogen-bond donors (Lipinski definition) is 2. The molecule has 3 aromatic rings. The molecule has 2 unspecified atom stereocenters. The molecule has 0 radical (unpaired) electrons. The number of nitrogens with one attached hydrogen (secondary N) is 1. The number of carboxylic acids is 1. The quantitative estimate of drug-likeness (QED) is 0.263. The van der Waals surface area contributed by atoms with E-state index in [1.165, 1.54) is 11.0 Å². The number of furan rings is 1. The van der Waals surface area contributed by atoms with Crippen LogP contribution < -0.4 is 5.32 Å². The van der Waals surface area contributed by atoms with Gasteiger partial charge in [0.05, 0.1) is 12.5 Å². The zero-order valence-electron chi connectivity index (χ0n) is 21.2. The number of nitrogens with zero attached hydrogens (tertiary/aromatic N) is 1. The number of hydrogen-bond acceptors (Lipinski definition) is 4. The lowest BCUT2D eigenvalue weighted by molar-refractivity contribution is -0.137. The van der Waals surface area contributed by atoms with Crippen molar-refractivity contribution in [2.24, 2.45) is 5.92 Å². The smallest absolute Gasteiger partial charge is 0.305 e. The molecule has 36 heavy (non-hydrogen) atoms. The van der Waals surface area contributed by atoms with Gasteiger partial charge in [0.15, 0.2) is 11.4 Å². The predicted octanol–water partition coefficient (Wildman–Crippen LogP) is 6.94. The van der Waals surface area contributed by atoms with Gasteiger partial charge in [-0.1, -0.05) is 33.1 Å². The highest BCUT2D eigenvalue weighted by Gasteiger charge is 2.27. The van der Waals surface area contributed by atoms with Crippen LogP contribution in [0.2, 0.25) is 0 Å². The number of carbonyl (C=O) groups is 2. The van der Waals surface area contributed by atoms with Gasteiger partial charge in [-0.3, -0.25) is 9.59 Å². The first-order valence-corrected chi connectivity index (χ1v) is 12.3. The zero-order valence-corrected chi connectivity index (χ0v) is 21.2. The number of unbranched alkanes of at least 4 members (excludes halogenated alkanes) is 2. The molecule has 194 valence electrons. The standard InChI is InChI=1S/C28H34F2N2O4/c1-5-6-7-8-17(2)25(26-18(3)22-15-20(29)16-23(30)27(22)36-26)31-21-11-9-19(10-12-21)28(35)32(4)14-13-24(33)34/h9-12,15-17,25,31H,5-8,13-14H2,1-4H3,(H,33,34). The van der Waals surface area contributed by atoms with Crippen molar-refractivity contribution < 1.29 is 27.9 Å². The molecule has 0 aliphatic carbocycles. The highest BCUT2D eigenvalue weighted by Crippen LogP contribution is 2.38. The molecule has 1 heterocycles.